The largest absolute Gasteiger partial charge is 0.457 e. The summed E-state index contributed by atoms with van der Waals surface area (Å²) in [7, 11) is 0. The average Bonchev–Trinajstić information content (AvgIpc) is 3.45. The maximum Gasteiger partial charge on any atom is 0.249 e. The standard InChI is InChI=1S/C32H32N10O3/c33-30-28-29(20-6-8-24(9-7-20)45-23-4-2-1-3-5-23)40-42(31(28)37-19-36-30)22-12-14-41(15-13-22)17-21-16-26(35-18-34-21)38-25-10-11-27(43)39-32(25)44/h1-9,16,18-19,22,25H,10-15,17H2,(H2,33,36,37)(H,34,35,38)(H,39,43,44). The van der Waals surface area contributed by atoms with Crippen LogP contribution in [0.25, 0.3) is 22.3 Å². The molecule has 4 N–H and O–H groups in total. The van der Waals surface area contributed by atoms with E-state index >= 15 is 0 Å². The fourth-order valence-corrected chi connectivity index (χ4v) is 5.88. The Morgan fingerprint density at radius 2 is 1.67 bits per heavy atom. The zero-order chi connectivity index (χ0) is 30.8. The highest BCUT2D eigenvalue weighted by Gasteiger charge is 2.28. The first-order chi connectivity index (χ1) is 22.0. The van der Waals surface area contributed by atoms with Gasteiger partial charge in [0.2, 0.25) is 11.8 Å². The number of piperidine rings is 2. The molecule has 228 valence electrons. The minimum Gasteiger partial charge on any atom is -0.457 e. The summed E-state index contributed by atoms with van der Waals surface area (Å²) in [4.78, 5) is 43.5. The van der Waals surface area contributed by atoms with Crippen LogP contribution in [0.3, 0.4) is 0 Å². The molecule has 13 nitrogen and oxygen atoms in total. The van der Waals surface area contributed by atoms with E-state index in [-0.39, 0.29) is 17.9 Å². The number of rotatable bonds is 8. The third-order valence-electron chi connectivity index (χ3n) is 8.20. The lowest BCUT2D eigenvalue weighted by Gasteiger charge is -2.32. The number of fused-ring (bicyclic) bond motifs is 1. The Bertz CT molecular complexity index is 1840. The van der Waals surface area contributed by atoms with Crippen molar-refractivity contribution in [2.45, 2.75) is 44.3 Å². The molecular formula is C32H32N10O3. The number of hydrogen-bond donors (Lipinski definition) is 3. The Kier molecular flexibility index (Phi) is 7.74. The fourth-order valence-electron chi connectivity index (χ4n) is 5.88. The predicted molar refractivity (Wildman–Crippen MR) is 167 cm³/mol. The Balaban J connectivity index is 1.03. The van der Waals surface area contributed by atoms with Gasteiger partial charge in [-0.2, -0.15) is 5.10 Å². The number of ether oxygens (including phenoxy) is 1. The van der Waals surface area contributed by atoms with E-state index < -0.39 is 6.04 Å². The Morgan fingerprint density at radius 3 is 2.44 bits per heavy atom. The van der Waals surface area contributed by atoms with E-state index in [0.717, 1.165) is 65.4 Å². The number of benzene rings is 2. The lowest BCUT2D eigenvalue weighted by Crippen LogP contribution is -2.47. The molecule has 2 saturated heterocycles. The van der Waals surface area contributed by atoms with E-state index in [9.17, 15) is 9.59 Å². The summed E-state index contributed by atoms with van der Waals surface area (Å²) in [6.07, 6.45) is 5.47. The molecule has 2 amide bonds. The van der Waals surface area contributed by atoms with Crippen LogP contribution in [0.2, 0.25) is 0 Å². The first-order valence-electron chi connectivity index (χ1n) is 15.0. The first-order valence-corrected chi connectivity index (χ1v) is 15.0. The van der Waals surface area contributed by atoms with Gasteiger partial charge in [0.1, 0.15) is 47.5 Å². The van der Waals surface area contributed by atoms with Crippen LogP contribution in [-0.4, -0.2) is 65.6 Å². The molecular weight excluding hydrogens is 572 g/mol. The van der Waals surface area contributed by atoms with Gasteiger partial charge in [0.15, 0.2) is 5.65 Å². The second kappa shape index (κ2) is 12.3. The van der Waals surface area contributed by atoms with E-state index in [1.54, 1.807) is 0 Å². The van der Waals surface area contributed by atoms with E-state index in [4.69, 9.17) is 15.6 Å². The molecule has 2 aromatic carbocycles. The monoisotopic (exact) mass is 604 g/mol. The van der Waals surface area contributed by atoms with Crippen molar-refractivity contribution in [2.75, 3.05) is 24.1 Å². The molecule has 2 aliphatic heterocycles. The zero-order valence-electron chi connectivity index (χ0n) is 24.5. The highest BCUT2D eigenvalue weighted by Crippen LogP contribution is 2.35. The van der Waals surface area contributed by atoms with Gasteiger partial charge in [-0.1, -0.05) is 18.2 Å². The second-order valence-electron chi connectivity index (χ2n) is 11.2. The van der Waals surface area contributed by atoms with E-state index in [1.807, 2.05) is 65.3 Å². The number of nitrogens with zero attached hydrogens (tertiary/aromatic N) is 7. The number of carbonyl (C=O) groups is 2. The minimum absolute atomic E-state index is 0.141. The molecule has 1 unspecified atom stereocenters. The molecule has 5 heterocycles. The molecule has 45 heavy (non-hydrogen) atoms. The van der Waals surface area contributed by atoms with Crippen molar-refractivity contribution < 1.29 is 14.3 Å². The molecule has 2 fully saturated rings. The van der Waals surface area contributed by atoms with Crippen LogP contribution in [0.5, 0.6) is 11.5 Å². The molecule has 1 atom stereocenters. The summed E-state index contributed by atoms with van der Waals surface area (Å²) in [5, 5.41) is 11.3. The van der Waals surface area contributed by atoms with Gasteiger partial charge in [0, 0.05) is 37.7 Å². The number of likely N-dealkylation sites (tertiary alicyclic amines) is 1. The third kappa shape index (κ3) is 6.15. The van der Waals surface area contributed by atoms with Crippen molar-refractivity contribution in [1.29, 1.82) is 0 Å². The summed E-state index contributed by atoms with van der Waals surface area (Å²) in [5.74, 6) is 1.89. The maximum absolute atomic E-state index is 12.1. The van der Waals surface area contributed by atoms with E-state index in [1.165, 1.54) is 12.7 Å². The number of aromatic nitrogens is 6. The topological polar surface area (TPSA) is 166 Å². The highest BCUT2D eigenvalue weighted by atomic mass is 16.5. The number of nitrogens with two attached hydrogens (primary N) is 1. The van der Waals surface area contributed by atoms with Crippen LogP contribution in [-0.2, 0) is 16.1 Å². The smallest absolute Gasteiger partial charge is 0.249 e. The molecule has 0 bridgehead atoms. The van der Waals surface area contributed by atoms with Crippen molar-refractivity contribution >= 4 is 34.5 Å². The Morgan fingerprint density at radius 1 is 0.911 bits per heavy atom. The van der Waals surface area contributed by atoms with Crippen molar-refractivity contribution in [3.05, 3.63) is 79.0 Å². The lowest BCUT2D eigenvalue weighted by molar-refractivity contribution is -0.133. The Hall–Kier alpha value is -5.43. The molecule has 13 heteroatoms. The van der Waals surface area contributed by atoms with Gasteiger partial charge in [0.05, 0.1) is 17.1 Å². The Labute approximate surface area is 258 Å². The van der Waals surface area contributed by atoms with Gasteiger partial charge in [-0.05, 0) is 55.7 Å². The van der Waals surface area contributed by atoms with Crippen molar-refractivity contribution in [2.24, 2.45) is 0 Å². The fraction of sp³-hybridized carbons (Fsp3) is 0.281. The van der Waals surface area contributed by atoms with E-state index in [2.05, 4.69) is 35.5 Å². The quantitative estimate of drug-likeness (QED) is 0.221. The van der Waals surface area contributed by atoms with Gasteiger partial charge < -0.3 is 15.8 Å². The number of imide groups is 1. The van der Waals surface area contributed by atoms with Crippen LogP contribution >= 0.6 is 0 Å². The molecule has 0 saturated carbocycles. The van der Waals surface area contributed by atoms with Gasteiger partial charge >= 0.3 is 0 Å². The van der Waals surface area contributed by atoms with Gasteiger partial charge in [0.25, 0.3) is 0 Å². The average molecular weight is 605 g/mol. The number of amides is 2. The summed E-state index contributed by atoms with van der Waals surface area (Å²) >= 11 is 0. The number of carbonyl (C=O) groups excluding carboxylic acids is 2. The highest BCUT2D eigenvalue weighted by molar-refractivity contribution is 6.01. The summed E-state index contributed by atoms with van der Waals surface area (Å²) in [6, 6.07) is 19.0. The number of nitrogen functional groups attached to an aromatic ring is 1. The second-order valence-corrected chi connectivity index (χ2v) is 11.2. The maximum atomic E-state index is 12.1. The third-order valence-corrected chi connectivity index (χ3v) is 8.20. The molecule has 0 radical (unpaired) electrons. The van der Waals surface area contributed by atoms with Crippen LogP contribution in [0.15, 0.2) is 73.3 Å². The number of para-hydroxylation sites is 1. The molecule has 3 aromatic heterocycles. The molecule has 0 aliphatic carbocycles. The molecule has 2 aliphatic rings. The zero-order valence-corrected chi connectivity index (χ0v) is 24.5. The van der Waals surface area contributed by atoms with Crippen LogP contribution in [0.1, 0.15) is 37.4 Å². The summed E-state index contributed by atoms with van der Waals surface area (Å²) < 4.78 is 7.96. The molecule has 5 aromatic rings. The lowest BCUT2D eigenvalue weighted by atomic mass is 10.0. The number of anilines is 2. The summed E-state index contributed by atoms with van der Waals surface area (Å²) in [5.41, 5.74) is 9.60. The summed E-state index contributed by atoms with van der Waals surface area (Å²) in [6.45, 7) is 2.33. The van der Waals surface area contributed by atoms with Crippen LogP contribution < -0.4 is 21.1 Å². The van der Waals surface area contributed by atoms with Gasteiger partial charge in [-0.25, -0.2) is 24.6 Å². The van der Waals surface area contributed by atoms with Crippen molar-refractivity contribution in [3.63, 3.8) is 0 Å². The van der Waals surface area contributed by atoms with Crippen LogP contribution in [0, 0.1) is 0 Å². The minimum atomic E-state index is -0.492. The molecule has 7 rings (SSSR count). The van der Waals surface area contributed by atoms with Crippen molar-refractivity contribution in [1.82, 2.24) is 39.9 Å². The van der Waals surface area contributed by atoms with Gasteiger partial charge in [-0.15, -0.1) is 0 Å². The molecule has 0 spiro atoms. The van der Waals surface area contributed by atoms with Crippen LogP contribution in [0.4, 0.5) is 11.6 Å². The first kappa shape index (κ1) is 28.3. The normalized spacial score (nSPS) is 17.7. The predicted octanol–water partition coefficient (Wildman–Crippen LogP) is 3.71. The SMILES string of the molecule is Nc1ncnc2c1c(-c1ccc(Oc3ccccc3)cc1)nn2C1CCN(Cc2cc(NC3CCC(=O)NC3=O)ncn2)CC1. The number of nitrogens with one attached hydrogen (secondary N) is 2. The number of hydrogen-bond acceptors (Lipinski definition) is 11. The van der Waals surface area contributed by atoms with Gasteiger partial charge in [-0.3, -0.25) is 19.8 Å². The van der Waals surface area contributed by atoms with E-state index in [0.29, 0.717) is 31.0 Å². The van der Waals surface area contributed by atoms with Crippen molar-refractivity contribution in [3.8, 4) is 22.8 Å².